The highest BCUT2D eigenvalue weighted by molar-refractivity contribution is 9.10. The first-order chi connectivity index (χ1) is 9.65. The van der Waals surface area contributed by atoms with Crippen LogP contribution in [0.15, 0.2) is 22.7 Å². The summed E-state index contributed by atoms with van der Waals surface area (Å²) in [6.45, 7) is 3.96. The summed E-state index contributed by atoms with van der Waals surface area (Å²) in [5, 5.41) is 2.86. The molecule has 1 aromatic rings. The maximum atomic E-state index is 11.7. The lowest BCUT2D eigenvalue weighted by Gasteiger charge is -2.11. The SMILES string of the molecule is Cc1cc(Br)ccc1CNC(=O)COC[C@H]1CCCO1. The first-order valence-electron chi connectivity index (χ1n) is 6.86. The fraction of sp³-hybridized carbons (Fsp3) is 0.533. The van der Waals surface area contributed by atoms with E-state index in [9.17, 15) is 4.79 Å². The second-order valence-corrected chi connectivity index (χ2v) is 5.91. The fourth-order valence-corrected chi connectivity index (χ4v) is 2.64. The van der Waals surface area contributed by atoms with Gasteiger partial charge in [0.05, 0.1) is 12.7 Å². The van der Waals surface area contributed by atoms with Crippen LogP contribution in [0.1, 0.15) is 24.0 Å². The zero-order valence-corrected chi connectivity index (χ0v) is 13.2. The fourth-order valence-electron chi connectivity index (χ4n) is 2.16. The second kappa shape index (κ2) is 7.76. The largest absolute Gasteiger partial charge is 0.376 e. The Bertz CT molecular complexity index is 458. The van der Waals surface area contributed by atoms with E-state index in [2.05, 4.69) is 21.2 Å². The Morgan fingerprint density at radius 1 is 1.55 bits per heavy atom. The van der Waals surface area contributed by atoms with Crippen molar-refractivity contribution >= 4 is 21.8 Å². The Labute approximate surface area is 128 Å². The van der Waals surface area contributed by atoms with Crippen molar-refractivity contribution in [2.45, 2.75) is 32.4 Å². The molecule has 1 N–H and O–H groups in total. The lowest BCUT2D eigenvalue weighted by Crippen LogP contribution is -2.29. The van der Waals surface area contributed by atoms with Crippen LogP contribution in [0.5, 0.6) is 0 Å². The van der Waals surface area contributed by atoms with E-state index in [4.69, 9.17) is 9.47 Å². The second-order valence-electron chi connectivity index (χ2n) is 5.00. The highest BCUT2D eigenvalue weighted by Gasteiger charge is 2.15. The molecule has 0 spiro atoms. The van der Waals surface area contributed by atoms with E-state index >= 15 is 0 Å². The quantitative estimate of drug-likeness (QED) is 0.864. The van der Waals surface area contributed by atoms with Crippen molar-refractivity contribution in [2.75, 3.05) is 19.8 Å². The molecule has 1 aliphatic heterocycles. The summed E-state index contributed by atoms with van der Waals surface area (Å²) in [4.78, 5) is 11.7. The van der Waals surface area contributed by atoms with Crippen molar-refractivity contribution in [1.29, 1.82) is 0 Å². The molecular formula is C15H20BrNO3. The number of ether oxygens (including phenoxy) is 2. The van der Waals surface area contributed by atoms with Crippen LogP contribution >= 0.6 is 15.9 Å². The molecule has 1 saturated heterocycles. The average Bonchev–Trinajstić information content (AvgIpc) is 2.91. The van der Waals surface area contributed by atoms with E-state index in [1.165, 1.54) is 0 Å². The van der Waals surface area contributed by atoms with Crippen LogP contribution in [0.3, 0.4) is 0 Å². The van der Waals surface area contributed by atoms with Crippen molar-refractivity contribution in [3.05, 3.63) is 33.8 Å². The summed E-state index contributed by atoms with van der Waals surface area (Å²) < 4.78 is 11.8. The van der Waals surface area contributed by atoms with E-state index in [1.807, 2.05) is 25.1 Å². The van der Waals surface area contributed by atoms with Gasteiger partial charge in [0, 0.05) is 17.6 Å². The van der Waals surface area contributed by atoms with Crippen LogP contribution < -0.4 is 5.32 Å². The lowest BCUT2D eigenvalue weighted by molar-refractivity contribution is -0.127. The molecule has 0 bridgehead atoms. The molecule has 20 heavy (non-hydrogen) atoms. The van der Waals surface area contributed by atoms with Crippen LogP contribution in [0.25, 0.3) is 0 Å². The van der Waals surface area contributed by atoms with Gasteiger partial charge in [-0.15, -0.1) is 0 Å². The number of hydrogen-bond donors (Lipinski definition) is 1. The molecule has 1 heterocycles. The normalized spacial score (nSPS) is 18.2. The number of aryl methyl sites for hydroxylation is 1. The number of benzene rings is 1. The van der Waals surface area contributed by atoms with Gasteiger partial charge in [-0.2, -0.15) is 0 Å². The Morgan fingerprint density at radius 2 is 2.40 bits per heavy atom. The molecule has 0 unspecified atom stereocenters. The molecule has 1 aromatic carbocycles. The van der Waals surface area contributed by atoms with Crippen LogP contribution in [0.2, 0.25) is 0 Å². The van der Waals surface area contributed by atoms with Gasteiger partial charge in [0.2, 0.25) is 5.91 Å². The zero-order valence-electron chi connectivity index (χ0n) is 11.7. The number of nitrogens with one attached hydrogen (secondary N) is 1. The molecule has 110 valence electrons. The van der Waals surface area contributed by atoms with Crippen molar-refractivity contribution in [1.82, 2.24) is 5.32 Å². The standard InChI is InChI=1S/C15H20BrNO3/c1-11-7-13(16)5-4-12(11)8-17-15(18)10-19-9-14-3-2-6-20-14/h4-5,7,14H,2-3,6,8-10H2,1H3,(H,17,18)/t14-/m1/s1. The van der Waals surface area contributed by atoms with Gasteiger partial charge in [-0.3, -0.25) is 4.79 Å². The third-order valence-electron chi connectivity index (χ3n) is 3.34. The highest BCUT2D eigenvalue weighted by atomic mass is 79.9. The van der Waals surface area contributed by atoms with E-state index in [-0.39, 0.29) is 18.6 Å². The topological polar surface area (TPSA) is 47.6 Å². The van der Waals surface area contributed by atoms with E-state index in [1.54, 1.807) is 0 Å². The number of hydrogen-bond acceptors (Lipinski definition) is 3. The smallest absolute Gasteiger partial charge is 0.246 e. The maximum Gasteiger partial charge on any atom is 0.246 e. The first kappa shape index (κ1) is 15.5. The third-order valence-corrected chi connectivity index (χ3v) is 3.83. The molecule has 2 rings (SSSR count). The van der Waals surface area contributed by atoms with Gasteiger partial charge in [0.1, 0.15) is 6.61 Å². The molecule has 0 aliphatic carbocycles. The van der Waals surface area contributed by atoms with E-state index in [0.717, 1.165) is 35.0 Å². The molecule has 1 atom stereocenters. The summed E-state index contributed by atoms with van der Waals surface area (Å²) >= 11 is 3.42. The first-order valence-corrected chi connectivity index (χ1v) is 7.65. The van der Waals surface area contributed by atoms with Crippen molar-refractivity contribution in [3.63, 3.8) is 0 Å². The minimum Gasteiger partial charge on any atom is -0.376 e. The minimum atomic E-state index is -0.0923. The van der Waals surface area contributed by atoms with Crippen LogP contribution in [-0.2, 0) is 20.8 Å². The summed E-state index contributed by atoms with van der Waals surface area (Å²) in [6, 6.07) is 6.02. The number of carbonyl (C=O) groups is 1. The molecule has 5 heteroatoms. The molecular weight excluding hydrogens is 322 g/mol. The molecule has 1 amide bonds. The number of rotatable bonds is 6. The van der Waals surface area contributed by atoms with Crippen molar-refractivity contribution in [3.8, 4) is 0 Å². The zero-order chi connectivity index (χ0) is 14.4. The molecule has 0 radical (unpaired) electrons. The Kier molecular flexibility index (Phi) is 6.01. The Balaban J connectivity index is 1.66. The summed E-state index contributed by atoms with van der Waals surface area (Å²) in [5.41, 5.74) is 2.26. The van der Waals surface area contributed by atoms with Gasteiger partial charge >= 0.3 is 0 Å². The Hall–Kier alpha value is -0.910. The van der Waals surface area contributed by atoms with Crippen LogP contribution in [0.4, 0.5) is 0 Å². The minimum absolute atomic E-state index is 0.0923. The third kappa shape index (κ3) is 4.89. The van der Waals surface area contributed by atoms with Crippen molar-refractivity contribution < 1.29 is 14.3 Å². The van der Waals surface area contributed by atoms with Gasteiger partial charge in [-0.25, -0.2) is 0 Å². The maximum absolute atomic E-state index is 11.7. The summed E-state index contributed by atoms with van der Waals surface area (Å²) in [5.74, 6) is -0.0923. The van der Waals surface area contributed by atoms with Gasteiger partial charge < -0.3 is 14.8 Å². The van der Waals surface area contributed by atoms with E-state index < -0.39 is 0 Å². The van der Waals surface area contributed by atoms with Gasteiger partial charge in [0.15, 0.2) is 0 Å². The molecule has 0 saturated carbocycles. The molecule has 4 nitrogen and oxygen atoms in total. The van der Waals surface area contributed by atoms with Gasteiger partial charge in [-0.05, 0) is 43.0 Å². The van der Waals surface area contributed by atoms with Crippen molar-refractivity contribution in [2.24, 2.45) is 0 Å². The lowest BCUT2D eigenvalue weighted by atomic mass is 10.1. The number of amides is 1. The molecule has 1 fully saturated rings. The van der Waals surface area contributed by atoms with Gasteiger partial charge in [-0.1, -0.05) is 22.0 Å². The van der Waals surface area contributed by atoms with Gasteiger partial charge in [0.25, 0.3) is 0 Å². The predicted octanol–water partition coefficient (Wildman–Crippen LogP) is 2.57. The van der Waals surface area contributed by atoms with Crippen LogP contribution in [0, 0.1) is 6.92 Å². The van der Waals surface area contributed by atoms with Crippen LogP contribution in [-0.4, -0.2) is 31.8 Å². The van der Waals surface area contributed by atoms with E-state index in [0.29, 0.717) is 13.2 Å². The predicted molar refractivity (Wildman–Crippen MR) is 80.5 cm³/mol. The molecule has 0 aromatic heterocycles. The monoisotopic (exact) mass is 341 g/mol. The Morgan fingerprint density at radius 3 is 3.10 bits per heavy atom. The number of halogens is 1. The number of carbonyl (C=O) groups excluding carboxylic acids is 1. The summed E-state index contributed by atoms with van der Waals surface area (Å²) in [6.07, 6.45) is 2.28. The highest BCUT2D eigenvalue weighted by Crippen LogP contribution is 2.15. The summed E-state index contributed by atoms with van der Waals surface area (Å²) in [7, 11) is 0. The average molecular weight is 342 g/mol. The molecule has 1 aliphatic rings.